The predicted octanol–water partition coefficient (Wildman–Crippen LogP) is 6.30. The minimum atomic E-state index is -0.0637. The van der Waals surface area contributed by atoms with Crippen molar-refractivity contribution in [1.29, 1.82) is 0 Å². The van der Waals surface area contributed by atoms with E-state index in [1.165, 1.54) is 0 Å². The second-order valence-corrected chi connectivity index (χ2v) is 10.0. The number of hydrogen-bond acceptors (Lipinski definition) is 5. The fraction of sp³-hybridized carbons (Fsp3) is 0.281. The van der Waals surface area contributed by atoms with Crippen molar-refractivity contribution < 1.29 is 9.53 Å². The van der Waals surface area contributed by atoms with Crippen LogP contribution in [0.1, 0.15) is 37.6 Å². The Morgan fingerprint density at radius 2 is 1.85 bits per heavy atom. The topological polar surface area (TPSA) is 83.1 Å². The summed E-state index contributed by atoms with van der Waals surface area (Å²) in [6.45, 7) is 9.05. The van der Waals surface area contributed by atoms with Gasteiger partial charge >= 0.3 is 0 Å². The van der Waals surface area contributed by atoms with Crippen molar-refractivity contribution in [2.75, 3.05) is 26.7 Å². The fourth-order valence-corrected chi connectivity index (χ4v) is 5.12. The van der Waals surface area contributed by atoms with Gasteiger partial charge in [0, 0.05) is 64.5 Å². The standard InChI is InChI=1S/C32H35N5O2/c1-5-16-37(21(2)3)17-15-34-32(38)23-10-8-22(9-11-23)30-29(39-4)13-12-26-31(30)25-18-27(35-20-28(25)36-26)24-7-6-14-33-19-24/h6-14,18-21,36H,5,15-17H2,1-4H3,(H,34,38). The van der Waals surface area contributed by atoms with Crippen LogP contribution in [0, 0.1) is 0 Å². The smallest absolute Gasteiger partial charge is 0.251 e. The first-order chi connectivity index (χ1) is 19.0. The Morgan fingerprint density at radius 1 is 1.03 bits per heavy atom. The summed E-state index contributed by atoms with van der Waals surface area (Å²) in [5.41, 5.74) is 6.34. The van der Waals surface area contributed by atoms with Gasteiger partial charge < -0.3 is 15.0 Å². The monoisotopic (exact) mass is 521 g/mol. The zero-order chi connectivity index (χ0) is 27.4. The lowest BCUT2D eigenvalue weighted by Crippen LogP contribution is -2.39. The van der Waals surface area contributed by atoms with E-state index in [0.717, 1.165) is 69.4 Å². The second-order valence-electron chi connectivity index (χ2n) is 10.0. The lowest BCUT2D eigenvalue weighted by atomic mass is 9.97. The lowest BCUT2D eigenvalue weighted by molar-refractivity contribution is 0.0945. The highest BCUT2D eigenvalue weighted by atomic mass is 16.5. The minimum absolute atomic E-state index is 0.0637. The normalized spacial score (nSPS) is 11.5. The highest BCUT2D eigenvalue weighted by Crippen LogP contribution is 2.41. The van der Waals surface area contributed by atoms with E-state index in [1.54, 1.807) is 13.3 Å². The van der Waals surface area contributed by atoms with Crippen LogP contribution in [0.2, 0.25) is 0 Å². The van der Waals surface area contributed by atoms with Gasteiger partial charge in [-0.2, -0.15) is 0 Å². The second kappa shape index (κ2) is 11.7. The molecule has 5 rings (SSSR count). The molecule has 0 saturated heterocycles. The number of carbonyl (C=O) groups is 1. The summed E-state index contributed by atoms with van der Waals surface area (Å²) in [7, 11) is 1.68. The van der Waals surface area contributed by atoms with Crippen molar-refractivity contribution in [1.82, 2.24) is 25.2 Å². The third-order valence-corrected chi connectivity index (χ3v) is 7.15. The molecule has 0 unspecified atom stereocenters. The van der Waals surface area contributed by atoms with Gasteiger partial charge in [0.1, 0.15) is 5.75 Å². The number of carbonyl (C=O) groups excluding carboxylic acids is 1. The molecule has 0 spiro atoms. The summed E-state index contributed by atoms with van der Waals surface area (Å²) in [4.78, 5) is 27.6. The van der Waals surface area contributed by atoms with E-state index in [0.29, 0.717) is 18.2 Å². The first-order valence-corrected chi connectivity index (χ1v) is 13.5. The number of nitrogens with one attached hydrogen (secondary N) is 2. The molecule has 39 heavy (non-hydrogen) atoms. The molecule has 0 atom stereocenters. The Hall–Kier alpha value is -4.23. The van der Waals surface area contributed by atoms with Crippen molar-refractivity contribution in [3.63, 3.8) is 0 Å². The molecular weight excluding hydrogens is 486 g/mol. The molecule has 0 radical (unpaired) electrons. The van der Waals surface area contributed by atoms with Gasteiger partial charge in [-0.05, 0) is 74.8 Å². The van der Waals surface area contributed by atoms with Crippen LogP contribution in [0.25, 0.3) is 44.2 Å². The SMILES string of the molecule is CCCN(CCNC(=O)c1ccc(-c2c(OC)ccc3[nH]c4cnc(-c5cccnc5)cc4c23)cc1)C(C)C. The van der Waals surface area contributed by atoms with Crippen molar-refractivity contribution in [2.24, 2.45) is 0 Å². The number of methoxy groups -OCH3 is 1. The van der Waals surface area contributed by atoms with E-state index in [9.17, 15) is 4.79 Å². The maximum atomic E-state index is 12.9. The zero-order valence-electron chi connectivity index (χ0n) is 23.0. The van der Waals surface area contributed by atoms with Crippen LogP contribution >= 0.6 is 0 Å². The van der Waals surface area contributed by atoms with Gasteiger partial charge in [-0.25, -0.2) is 0 Å². The van der Waals surface area contributed by atoms with Gasteiger partial charge in [-0.1, -0.05) is 19.1 Å². The molecule has 0 aliphatic rings. The summed E-state index contributed by atoms with van der Waals surface area (Å²) in [6.07, 6.45) is 6.54. The third-order valence-electron chi connectivity index (χ3n) is 7.15. The third kappa shape index (κ3) is 5.49. The number of aromatic amines is 1. The quantitative estimate of drug-likeness (QED) is 0.225. The van der Waals surface area contributed by atoms with Gasteiger partial charge in [0.2, 0.25) is 0 Å². The van der Waals surface area contributed by atoms with Crippen LogP contribution in [-0.4, -0.2) is 58.5 Å². The molecule has 3 heterocycles. The summed E-state index contributed by atoms with van der Waals surface area (Å²) in [5, 5.41) is 5.18. The molecule has 1 amide bonds. The van der Waals surface area contributed by atoms with E-state index < -0.39 is 0 Å². The molecule has 0 aliphatic heterocycles. The number of pyridine rings is 2. The van der Waals surface area contributed by atoms with Crippen LogP contribution in [0.3, 0.4) is 0 Å². The number of hydrogen-bond donors (Lipinski definition) is 2. The van der Waals surface area contributed by atoms with Crippen molar-refractivity contribution in [3.8, 4) is 28.1 Å². The van der Waals surface area contributed by atoms with Crippen molar-refractivity contribution in [3.05, 3.63) is 78.8 Å². The first kappa shape index (κ1) is 26.4. The molecule has 0 aliphatic carbocycles. The Balaban J connectivity index is 1.46. The summed E-state index contributed by atoms with van der Waals surface area (Å²) >= 11 is 0. The maximum absolute atomic E-state index is 12.9. The molecule has 7 nitrogen and oxygen atoms in total. The van der Waals surface area contributed by atoms with Gasteiger partial charge in [-0.15, -0.1) is 0 Å². The number of ether oxygens (including phenoxy) is 1. The van der Waals surface area contributed by atoms with Crippen molar-refractivity contribution >= 4 is 27.7 Å². The molecular formula is C32H35N5O2. The van der Waals surface area contributed by atoms with Crippen LogP contribution in [-0.2, 0) is 0 Å². The van der Waals surface area contributed by atoms with E-state index in [1.807, 2.05) is 60.9 Å². The highest BCUT2D eigenvalue weighted by Gasteiger charge is 2.17. The lowest BCUT2D eigenvalue weighted by Gasteiger charge is -2.25. The molecule has 5 aromatic rings. The van der Waals surface area contributed by atoms with Crippen LogP contribution in [0.5, 0.6) is 5.75 Å². The largest absolute Gasteiger partial charge is 0.496 e. The van der Waals surface area contributed by atoms with Crippen molar-refractivity contribution in [2.45, 2.75) is 33.2 Å². The number of fused-ring (bicyclic) bond motifs is 3. The Bertz CT molecular complexity index is 1580. The highest BCUT2D eigenvalue weighted by molar-refractivity contribution is 6.16. The van der Waals surface area contributed by atoms with E-state index in [-0.39, 0.29) is 5.91 Å². The zero-order valence-corrected chi connectivity index (χ0v) is 23.0. The van der Waals surface area contributed by atoms with Gasteiger partial charge in [-0.3, -0.25) is 19.7 Å². The summed E-state index contributed by atoms with van der Waals surface area (Å²) < 4.78 is 5.81. The summed E-state index contributed by atoms with van der Waals surface area (Å²) in [6, 6.07) is 18.2. The Morgan fingerprint density at radius 3 is 2.54 bits per heavy atom. The molecule has 2 N–H and O–H groups in total. The van der Waals surface area contributed by atoms with Gasteiger partial charge in [0.15, 0.2) is 0 Å². The minimum Gasteiger partial charge on any atom is -0.496 e. The molecule has 3 aromatic heterocycles. The number of aromatic nitrogens is 3. The fourth-order valence-electron chi connectivity index (χ4n) is 5.12. The number of H-pyrrole nitrogens is 1. The molecule has 0 fully saturated rings. The Labute approximate surface area is 229 Å². The average Bonchev–Trinajstić information content (AvgIpc) is 3.34. The summed E-state index contributed by atoms with van der Waals surface area (Å²) in [5.74, 6) is 0.705. The van der Waals surface area contributed by atoms with Gasteiger partial charge in [0.25, 0.3) is 5.91 Å². The number of rotatable bonds is 10. The number of benzene rings is 2. The molecule has 7 heteroatoms. The average molecular weight is 522 g/mol. The maximum Gasteiger partial charge on any atom is 0.251 e. The Kier molecular flexibility index (Phi) is 7.89. The molecule has 2 aromatic carbocycles. The van der Waals surface area contributed by atoms with E-state index in [4.69, 9.17) is 4.74 Å². The number of nitrogens with zero attached hydrogens (tertiary/aromatic N) is 3. The number of amides is 1. The van der Waals surface area contributed by atoms with Crippen LogP contribution in [0.4, 0.5) is 0 Å². The van der Waals surface area contributed by atoms with Crippen LogP contribution < -0.4 is 10.1 Å². The molecule has 0 bridgehead atoms. The van der Waals surface area contributed by atoms with Gasteiger partial charge in [0.05, 0.1) is 24.5 Å². The van der Waals surface area contributed by atoms with Crippen LogP contribution in [0.15, 0.2) is 73.2 Å². The van der Waals surface area contributed by atoms with E-state index >= 15 is 0 Å². The van der Waals surface area contributed by atoms with E-state index in [2.05, 4.69) is 52.0 Å². The molecule has 200 valence electrons. The first-order valence-electron chi connectivity index (χ1n) is 13.5. The predicted molar refractivity (Wildman–Crippen MR) is 158 cm³/mol. The molecule has 0 saturated carbocycles.